The standard InChI is InChI=1S/C19H18F2N4O4/c20-10-5-12(24-8-1-2-9(24)7-22-6-8)14-15(16(10)21)19(29)25(18(14)28)11-3-4-13(26)23-17(11)27/h5,8-9,11,22H,1-4,6-7H2,(H,23,26,27)/t8-,9+,11?. The average Bonchev–Trinajstić information content (AvgIpc) is 3.08. The summed E-state index contributed by atoms with van der Waals surface area (Å²) >= 11 is 0. The van der Waals surface area contributed by atoms with Crippen LogP contribution in [0.1, 0.15) is 46.4 Å². The van der Waals surface area contributed by atoms with Gasteiger partial charge in [0.05, 0.1) is 16.8 Å². The number of carbonyl (C=O) groups excluding carboxylic acids is 4. The number of fused-ring (bicyclic) bond motifs is 3. The van der Waals surface area contributed by atoms with Crippen molar-refractivity contribution in [3.05, 3.63) is 28.8 Å². The number of piperidine rings is 1. The lowest BCUT2D eigenvalue weighted by Gasteiger charge is -2.38. The van der Waals surface area contributed by atoms with Gasteiger partial charge in [0.1, 0.15) is 6.04 Å². The number of nitrogens with one attached hydrogen (secondary N) is 2. The molecule has 29 heavy (non-hydrogen) atoms. The highest BCUT2D eigenvalue weighted by atomic mass is 19.2. The molecule has 3 saturated heterocycles. The van der Waals surface area contributed by atoms with Gasteiger partial charge < -0.3 is 10.2 Å². The Morgan fingerprint density at radius 2 is 1.59 bits per heavy atom. The van der Waals surface area contributed by atoms with E-state index in [0.717, 1.165) is 18.9 Å². The van der Waals surface area contributed by atoms with Crippen molar-refractivity contribution >= 4 is 29.3 Å². The molecule has 1 unspecified atom stereocenters. The van der Waals surface area contributed by atoms with Crippen LogP contribution in [0, 0.1) is 11.6 Å². The first-order valence-electron chi connectivity index (χ1n) is 9.61. The van der Waals surface area contributed by atoms with E-state index >= 15 is 0 Å². The topological polar surface area (TPSA) is 98.8 Å². The lowest BCUT2D eigenvalue weighted by molar-refractivity contribution is -0.136. The van der Waals surface area contributed by atoms with Crippen LogP contribution < -0.4 is 15.5 Å². The van der Waals surface area contributed by atoms with Crippen molar-refractivity contribution in [3.63, 3.8) is 0 Å². The van der Waals surface area contributed by atoms with Gasteiger partial charge in [-0.15, -0.1) is 0 Å². The fraction of sp³-hybridized carbons (Fsp3) is 0.474. The van der Waals surface area contributed by atoms with Crippen LogP contribution in [0.3, 0.4) is 0 Å². The van der Waals surface area contributed by atoms with Crippen LogP contribution in [0.15, 0.2) is 6.07 Å². The van der Waals surface area contributed by atoms with Crippen molar-refractivity contribution in [2.24, 2.45) is 0 Å². The Kier molecular flexibility index (Phi) is 3.95. The largest absolute Gasteiger partial charge is 0.362 e. The van der Waals surface area contributed by atoms with Gasteiger partial charge in [-0.25, -0.2) is 8.78 Å². The first-order chi connectivity index (χ1) is 13.9. The van der Waals surface area contributed by atoms with Gasteiger partial charge in [-0.05, 0) is 19.3 Å². The summed E-state index contributed by atoms with van der Waals surface area (Å²) in [5, 5.41) is 5.37. The molecule has 1 aromatic rings. The van der Waals surface area contributed by atoms with Crippen LogP contribution in [0.5, 0.6) is 0 Å². The molecule has 10 heteroatoms. The Labute approximate surface area is 164 Å². The molecule has 3 fully saturated rings. The van der Waals surface area contributed by atoms with Gasteiger partial charge in [0.2, 0.25) is 11.8 Å². The fourth-order valence-electron chi connectivity index (χ4n) is 4.95. The molecule has 3 atom stereocenters. The number of hydrogen-bond acceptors (Lipinski definition) is 6. The van der Waals surface area contributed by atoms with Crippen LogP contribution in [0.4, 0.5) is 14.5 Å². The molecule has 2 N–H and O–H groups in total. The first kappa shape index (κ1) is 18.2. The number of piperazine rings is 1. The molecule has 0 spiro atoms. The fourth-order valence-corrected chi connectivity index (χ4v) is 4.95. The molecule has 4 heterocycles. The number of benzene rings is 1. The lowest BCUT2D eigenvalue weighted by Crippen LogP contribution is -2.54. The average molecular weight is 404 g/mol. The van der Waals surface area contributed by atoms with Gasteiger partial charge in [0, 0.05) is 37.7 Å². The van der Waals surface area contributed by atoms with Crippen molar-refractivity contribution in [2.75, 3.05) is 18.0 Å². The van der Waals surface area contributed by atoms with E-state index in [1.165, 1.54) is 0 Å². The summed E-state index contributed by atoms with van der Waals surface area (Å²) in [6.07, 6.45) is 1.58. The van der Waals surface area contributed by atoms with E-state index in [0.29, 0.717) is 18.0 Å². The quantitative estimate of drug-likeness (QED) is 0.689. The number of rotatable bonds is 2. The molecule has 0 radical (unpaired) electrons. The Bertz CT molecular complexity index is 965. The van der Waals surface area contributed by atoms with Gasteiger partial charge in [-0.3, -0.25) is 29.4 Å². The van der Waals surface area contributed by atoms with Crippen LogP contribution in [-0.4, -0.2) is 59.7 Å². The number of anilines is 1. The molecule has 4 amide bonds. The third kappa shape index (κ3) is 2.51. The monoisotopic (exact) mass is 404 g/mol. The van der Waals surface area contributed by atoms with E-state index < -0.39 is 46.9 Å². The molecule has 8 nitrogen and oxygen atoms in total. The minimum absolute atomic E-state index is 0.00950. The summed E-state index contributed by atoms with van der Waals surface area (Å²) in [6.45, 7) is 1.28. The second kappa shape index (κ2) is 6.31. The predicted molar refractivity (Wildman–Crippen MR) is 95.2 cm³/mol. The maximum Gasteiger partial charge on any atom is 0.265 e. The minimum Gasteiger partial charge on any atom is -0.362 e. The zero-order chi connectivity index (χ0) is 20.4. The SMILES string of the molecule is O=C1CCC(N2C(=O)c3c(N4[C@@H]5CC[C@H]4CNC5)cc(F)c(F)c3C2=O)C(=O)N1. The third-order valence-electron chi connectivity index (χ3n) is 6.24. The Hall–Kier alpha value is -2.88. The summed E-state index contributed by atoms with van der Waals surface area (Å²) in [4.78, 5) is 52.3. The van der Waals surface area contributed by atoms with E-state index in [2.05, 4.69) is 10.6 Å². The van der Waals surface area contributed by atoms with Crippen LogP contribution in [0.25, 0.3) is 0 Å². The van der Waals surface area contributed by atoms with Crippen molar-refractivity contribution in [3.8, 4) is 0 Å². The van der Waals surface area contributed by atoms with Crippen LogP contribution >= 0.6 is 0 Å². The van der Waals surface area contributed by atoms with Crippen LogP contribution in [0.2, 0.25) is 0 Å². The van der Waals surface area contributed by atoms with E-state index in [1.54, 1.807) is 0 Å². The molecular weight excluding hydrogens is 386 g/mol. The van der Waals surface area contributed by atoms with Crippen LogP contribution in [-0.2, 0) is 9.59 Å². The zero-order valence-electron chi connectivity index (χ0n) is 15.3. The number of imide groups is 2. The van der Waals surface area contributed by atoms with E-state index in [-0.39, 0.29) is 36.2 Å². The highest BCUT2D eigenvalue weighted by molar-refractivity contribution is 6.25. The molecule has 4 aliphatic rings. The molecule has 0 aromatic heterocycles. The zero-order valence-corrected chi connectivity index (χ0v) is 15.3. The van der Waals surface area contributed by atoms with E-state index in [9.17, 15) is 28.0 Å². The number of carbonyl (C=O) groups is 4. The van der Waals surface area contributed by atoms with Crippen molar-refractivity contribution in [1.82, 2.24) is 15.5 Å². The molecule has 1 aromatic carbocycles. The Balaban J connectivity index is 1.61. The molecule has 152 valence electrons. The maximum atomic E-state index is 14.6. The molecule has 0 saturated carbocycles. The van der Waals surface area contributed by atoms with Crippen molar-refractivity contribution < 1.29 is 28.0 Å². The second-order valence-corrected chi connectivity index (χ2v) is 7.84. The smallest absolute Gasteiger partial charge is 0.265 e. The van der Waals surface area contributed by atoms with E-state index in [4.69, 9.17) is 0 Å². The summed E-state index contributed by atoms with van der Waals surface area (Å²) < 4.78 is 29.1. The molecular formula is C19H18F2N4O4. The number of amides is 4. The van der Waals surface area contributed by atoms with Gasteiger partial charge in [-0.1, -0.05) is 0 Å². The predicted octanol–water partition coefficient (Wildman–Crippen LogP) is 0.307. The number of halogens is 2. The number of hydrogen-bond donors (Lipinski definition) is 2. The Morgan fingerprint density at radius 1 is 0.931 bits per heavy atom. The van der Waals surface area contributed by atoms with Gasteiger partial charge in [0.15, 0.2) is 11.6 Å². The Morgan fingerprint density at radius 3 is 2.24 bits per heavy atom. The summed E-state index contributed by atoms with van der Waals surface area (Å²) in [7, 11) is 0. The lowest BCUT2D eigenvalue weighted by atomic mass is 10.0. The number of nitrogens with zero attached hydrogens (tertiary/aromatic N) is 2. The maximum absolute atomic E-state index is 14.6. The first-order valence-corrected chi connectivity index (χ1v) is 9.61. The van der Waals surface area contributed by atoms with Gasteiger partial charge >= 0.3 is 0 Å². The highest BCUT2D eigenvalue weighted by Crippen LogP contribution is 2.41. The van der Waals surface area contributed by atoms with Gasteiger partial charge in [0.25, 0.3) is 11.8 Å². The normalized spacial score (nSPS) is 28.8. The van der Waals surface area contributed by atoms with Gasteiger partial charge in [-0.2, -0.15) is 0 Å². The summed E-state index contributed by atoms with van der Waals surface area (Å²) in [5.74, 6) is -5.76. The molecule has 4 aliphatic heterocycles. The molecule has 2 bridgehead atoms. The molecule has 5 rings (SSSR count). The highest BCUT2D eigenvalue weighted by Gasteiger charge is 2.50. The third-order valence-corrected chi connectivity index (χ3v) is 6.24. The molecule has 0 aliphatic carbocycles. The van der Waals surface area contributed by atoms with Crippen molar-refractivity contribution in [2.45, 2.75) is 43.8 Å². The van der Waals surface area contributed by atoms with Crippen molar-refractivity contribution in [1.29, 1.82) is 0 Å². The minimum atomic E-state index is -1.39. The van der Waals surface area contributed by atoms with E-state index in [1.807, 2.05) is 4.90 Å². The summed E-state index contributed by atoms with van der Waals surface area (Å²) in [6, 6.07) is -0.232. The summed E-state index contributed by atoms with van der Waals surface area (Å²) in [5.41, 5.74) is -0.633. The second-order valence-electron chi connectivity index (χ2n) is 7.84.